The van der Waals surface area contributed by atoms with Gasteiger partial charge in [-0.2, -0.15) is 0 Å². The fourth-order valence-electron chi connectivity index (χ4n) is 3.56. The van der Waals surface area contributed by atoms with Gasteiger partial charge < -0.3 is 4.90 Å². The molecule has 0 amide bonds. The maximum atomic E-state index is 2.57. The van der Waals surface area contributed by atoms with Gasteiger partial charge in [0.1, 0.15) is 0 Å². The molecule has 1 saturated heterocycles. The second-order valence-corrected chi connectivity index (χ2v) is 6.95. The van der Waals surface area contributed by atoms with Crippen LogP contribution < -0.4 is 0 Å². The predicted molar refractivity (Wildman–Crippen MR) is 91.3 cm³/mol. The smallest absolute Gasteiger partial charge is 0.00926 e. The van der Waals surface area contributed by atoms with E-state index in [1.54, 1.807) is 0 Å². The van der Waals surface area contributed by atoms with Crippen LogP contribution in [0.15, 0.2) is 0 Å². The zero-order valence-electron chi connectivity index (χ0n) is 14.3. The Labute approximate surface area is 128 Å². The van der Waals surface area contributed by atoms with E-state index in [0.29, 0.717) is 0 Å². The molecular formula is C19H39N. The van der Waals surface area contributed by atoms with Crippen LogP contribution in [0, 0.1) is 0 Å². The van der Waals surface area contributed by atoms with Crippen LogP contribution in [0.4, 0.5) is 0 Å². The van der Waals surface area contributed by atoms with Crippen molar-refractivity contribution in [2.45, 2.75) is 109 Å². The van der Waals surface area contributed by atoms with E-state index in [9.17, 15) is 0 Å². The molecule has 0 aromatic carbocycles. The van der Waals surface area contributed by atoms with Crippen LogP contribution >= 0.6 is 0 Å². The van der Waals surface area contributed by atoms with Crippen molar-refractivity contribution in [1.82, 2.24) is 4.90 Å². The molecule has 1 aliphatic rings. The molecule has 1 heteroatoms. The molecule has 0 spiro atoms. The van der Waals surface area contributed by atoms with Crippen molar-refractivity contribution in [2.24, 2.45) is 0 Å². The third kappa shape index (κ3) is 9.00. The minimum absolute atomic E-state index is 0.915. The Balaban J connectivity index is 1.72. The summed E-state index contributed by atoms with van der Waals surface area (Å²) in [5.74, 6) is 0. The first kappa shape index (κ1) is 18.0. The molecule has 1 rings (SSSR count). The molecule has 1 nitrogen and oxygen atoms in total. The maximum absolute atomic E-state index is 2.57. The Kier molecular flexibility index (Phi) is 11.4. The molecule has 1 fully saturated rings. The summed E-state index contributed by atoms with van der Waals surface area (Å²) in [6, 6.07) is 0.915. The molecule has 0 bridgehead atoms. The minimum atomic E-state index is 0.915. The Hall–Kier alpha value is -0.0400. The molecule has 1 atom stereocenters. The van der Waals surface area contributed by atoms with E-state index in [2.05, 4.69) is 18.9 Å². The highest BCUT2D eigenvalue weighted by Gasteiger charge is 2.19. The van der Waals surface area contributed by atoms with Crippen molar-refractivity contribution in [3.05, 3.63) is 0 Å². The van der Waals surface area contributed by atoms with Crippen LogP contribution in [0.3, 0.4) is 0 Å². The average molecular weight is 282 g/mol. The molecule has 1 heterocycles. The highest BCUT2D eigenvalue weighted by Crippen LogP contribution is 2.20. The Morgan fingerprint density at radius 1 is 0.750 bits per heavy atom. The Morgan fingerprint density at radius 3 is 1.70 bits per heavy atom. The van der Waals surface area contributed by atoms with Crippen molar-refractivity contribution in [2.75, 3.05) is 13.6 Å². The van der Waals surface area contributed by atoms with Gasteiger partial charge in [0.05, 0.1) is 0 Å². The van der Waals surface area contributed by atoms with Crippen molar-refractivity contribution < 1.29 is 0 Å². The first-order valence-corrected chi connectivity index (χ1v) is 9.55. The van der Waals surface area contributed by atoms with Crippen molar-refractivity contribution in [3.8, 4) is 0 Å². The topological polar surface area (TPSA) is 3.24 Å². The number of likely N-dealkylation sites (tertiary alicyclic amines) is 1. The number of rotatable bonds is 13. The second kappa shape index (κ2) is 12.7. The quantitative estimate of drug-likeness (QED) is 0.365. The van der Waals surface area contributed by atoms with E-state index >= 15 is 0 Å². The second-order valence-electron chi connectivity index (χ2n) is 6.95. The number of unbranched alkanes of at least 4 members (excludes halogenated alkanes) is 11. The van der Waals surface area contributed by atoms with Gasteiger partial charge in [-0.05, 0) is 32.9 Å². The SMILES string of the molecule is CCCCCCCCCCCCCC[C@@H]1CCCN1C. The molecule has 0 aliphatic carbocycles. The molecule has 0 radical (unpaired) electrons. The summed E-state index contributed by atoms with van der Waals surface area (Å²) >= 11 is 0. The van der Waals surface area contributed by atoms with Gasteiger partial charge in [-0.1, -0.05) is 84.0 Å². The summed E-state index contributed by atoms with van der Waals surface area (Å²) < 4.78 is 0. The predicted octanol–water partition coefficient (Wildman–Crippen LogP) is 6.17. The highest BCUT2D eigenvalue weighted by atomic mass is 15.1. The van der Waals surface area contributed by atoms with Gasteiger partial charge in [-0.25, -0.2) is 0 Å². The average Bonchev–Trinajstić information content (AvgIpc) is 2.85. The molecule has 20 heavy (non-hydrogen) atoms. The normalized spacial score (nSPS) is 19.8. The summed E-state index contributed by atoms with van der Waals surface area (Å²) in [7, 11) is 2.30. The van der Waals surface area contributed by atoms with Crippen LogP contribution in [0.25, 0.3) is 0 Å². The molecule has 0 aromatic heterocycles. The van der Waals surface area contributed by atoms with E-state index in [1.807, 2.05) is 0 Å². The fraction of sp³-hybridized carbons (Fsp3) is 1.00. The van der Waals surface area contributed by atoms with Gasteiger partial charge in [0, 0.05) is 6.04 Å². The molecule has 1 aliphatic heterocycles. The minimum Gasteiger partial charge on any atom is -0.303 e. The van der Waals surface area contributed by atoms with E-state index < -0.39 is 0 Å². The lowest BCUT2D eigenvalue weighted by atomic mass is 10.0. The van der Waals surface area contributed by atoms with Crippen LogP contribution in [0.5, 0.6) is 0 Å². The third-order valence-corrected chi connectivity index (χ3v) is 5.06. The van der Waals surface area contributed by atoms with Gasteiger partial charge in [0.15, 0.2) is 0 Å². The van der Waals surface area contributed by atoms with Crippen LogP contribution in [0.2, 0.25) is 0 Å². The first-order chi connectivity index (χ1) is 9.84. The lowest BCUT2D eigenvalue weighted by Crippen LogP contribution is -2.24. The van der Waals surface area contributed by atoms with Gasteiger partial charge in [-0.15, -0.1) is 0 Å². The van der Waals surface area contributed by atoms with Gasteiger partial charge in [-0.3, -0.25) is 0 Å². The number of hydrogen-bond acceptors (Lipinski definition) is 1. The van der Waals surface area contributed by atoms with Gasteiger partial charge >= 0.3 is 0 Å². The van der Waals surface area contributed by atoms with E-state index in [-0.39, 0.29) is 0 Å². The fourth-order valence-corrected chi connectivity index (χ4v) is 3.56. The molecule has 0 saturated carbocycles. The summed E-state index contributed by atoms with van der Waals surface area (Å²) in [6.45, 7) is 3.63. The monoisotopic (exact) mass is 281 g/mol. The first-order valence-electron chi connectivity index (χ1n) is 9.55. The maximum Gasteiger partial charge on any atom is 0.00926 e. The van der Waals surface area contributed by atoms with E-state index in [1.165, 1.54) is 103 Å². The Morgan fingerprint density at radius 2 is 1.25 bits per heavy atom. The van der Waals surface area contributed by atoms with Crippen molar-refractivity contribution >= 4 is 0 Å². The summed E-state index contributed by atoms with van der Waals surface area (Å²) in [5, 5.41) is 0. The summed E-state index contributed by atoms with van der Waals surface area (Å²) in [4.78, 5) is 2.57. The van der Waals surface area contributed by atoms with E-state index in [4.69, 9.17) is 0 Å². The Bertz CT molecular complexity index is 202. The van der Waals surface area contributed by atoms with Crippen LogP contribution in [0.1, 0.15) is 103 Å². The molecular weight excluding hydrogens is 242 g/mol. The summed E-state index contributed by atoms with van der Waals surface area (Å²) in [5.41, 5.74) is 0. The lowest BCUT2D eigenvalue weighted by Gasteiger charge is -2.18. The van der Waals surface area contributed by atoms with Crippen molar-refractivity contribution in [1.29, 1.82) is 0 Å². The third-order valence-electron chi connectivity index (χ3n) is 5.06. The standard InChI is InChI=1S/C19H39N/c1-3-4-5-6-7-8-9-10-11-12-13-14-16-19-17-15-18-20(19)2/h19H,3-18H2,1-2H3/t19-/m1/s1. The zero-order valence-corrected chi connectivity index (χ0v) is 14.3. The highest BCUT2D eigenvalue weighted by molar-refractivity contribution is 4.75. The van der Waals surface area contributed by atoms with Gasteiger partial charge in [0.2, 0.25) is 0 Å². The molecule has 120 valence electrons. The number of nitrogens with zero attached hydrogens (tertiary/aromatic N) is 1. The molecule has 0 unspecified atom stereocenters. The number of hydrogen-bond donors (Lipinski definition) is 0. The largest absolute Gasteiger partial charge is 0.303 e. The van der Waals surface area contributed by atoms with Crippen LogP contribution in [-0.4, -0.2) is 24.5 Å². The lowest BCUT2D eigenvalue weighted by molar-refractivity contribution is 0.289. The van der Waals surface area contributed by atoms with Gasteiger partial charge in [0.25, 0.3) is 0 Å². The zero-order chi connectivity index (χ0) is 14.5. The molecule has 0 aromatic rings. The van der Waals surface area contributed by atoms with Crippen molar-refractivity contribution in [3.63, 3.8) is 0 Å². The summed E-state index contributed by atoms with van der Waals surface area (Å²) in [6.07, 6.45) is 21.9. The van der Waals surface area contributed by atoms with Crippen LogP contribution in [-0.2, 0) is 0 Å². The van der Waals surface area contributed by atoms with E-state index in [0.717, 1.165) is 6.04 Å². The molecule has 0 N–H and O–H groups in total.